The average molecular weight is 343 g/mol. The molecular formula is C17H17N3O3S. The highest BCUT2D eigenvalue weighted by Crippen LogP contribution is 2.26. The first-order chi connectivity index (χ1) is 11.7. The first-order valence-electron chi connectivity index (χ1n) is 7.29. The summed E-state index contributed by atoms with van der Waals surface area (Å²) in [5.74, 6) is 2.75. The van der Waals surface area contributed by atoms with Gasteiger partial charge in [-0.1, -0.05) is 18.2 Å². The Morgan fingerprint density at radius 1 is 1.00 bits per heavy atom. The van der Waals surface area contributed by atoms with Crippen molar-refractivity contribution in [3.8, 4) is 22.9 Å². The summed E-state index contributed by atoms with van der Waals surface area (Å²) in [6.45, 7) is 0.274. The van der Waals surface area contributed by atoms with Crippen molar-refractivity contribution in [2.45, 2.75) is 6.61 Å². The van der Waals surface area contributed by atoms with E-state index in [1.54, 1.807) is 24.9 Å². The number of aromatic nitrogens is 3. The number of aromatic amines is 1. The fraction of sp³-hybridized carbons (Fsp3) is 0.176. The zero-order valence-electron chi connectivity index (χ0n) is 13.4. The molecule has 0 radical (unpaired) electrons. The van der Waals surface area contributed by atoms with Crippen LogP contribution >= 0.6 is 12.2 Å². The predicted molar refractivity (Wildman–Crippen MR) is 92.6 cm³/mol. The molecule has 3 aromatic rings. The van der Waals surface area contributed by atoms with E-state index in [1.165, 1.54) is 0 Å². The van der Waals surface area contributed by atoms with Gasteiger partial charge in [0.25, 0.3) is 0 Å². The summed E-state index contributed by atoms with van der Waals surface area (Å²) in [5, 5.41) is 7.06. The molecule has 1 N–H and O–H groups in total. The van der Waals surface area contributed by atoms with Crippen LogP contribution in [0, 0.1) is 4.77 Å². The summed E-state index contributed by atoms with van der Waals surface area (Å²) < 4.78 is 18.7. The third kappa shape index (κ3) is 3.41. The van der Waals surface area contributed by atoms with Crippen LogP contribution in [0.2, 0.25) is 0 Å². The molecule has 0 bridgehead atoms. The van der Waals surface area contributed by atoms with E-state index in [4.69, 9.17) is 26.4 Å². The van der Waals surface area contributed by atoms with Gasteiger partial charge in [0.2, 0.25) is 0 Å². The van der Waals surface area contributed by atoms with Gasteiger partial charge in [-0.15, -0.1) is 0 Å². The van der Waals surface area contributed by atoms with Crippen LogP contribution in [0.25, 0.3) is 5.69 Å². The van der Waals surface area contributed by atoms with Crippen LogP contribution in [0.15, 0.2) is 48.5 Å². The van der Waals surface area contributed by atoms with E-state index in [2.05, 4.69) is 10.2 Å². The molecular weight excluding hydrogens is 326 g/mol. The van der Waals surface area contributed by atoms with Crippen LogP contribution in [0.1, 0.15) is 5.82 Å². The molecule has 0 aliphatic rings. The van der Waals surface area contributed by atoms with Crippen molar-refractivity contribution in [1.82, 2.24) is 14.8 Å². The van der Waals surface area contributed by atoms with Crippen molar-refractivity contribution in [2.24, 2.45) is 0 Å². The summed E-state index contributed by atoms with van der Waals surface area (Å²) in [6, 6.07) is 15.1. The summed E-state index contributed by atoms with van der Waals surface area (Å²) >= 11 is 5.35. The molecule has 0 amide bonds. The molecule has 3 rings (SSSR count). The number of para-hydroxylation sites is 1. The third-order valence-corrected chi connectivity index (χ3v) is 3.72. The average Bonchev–Trinajstić information content (AvgIpc) is 3.01. The summed E-state index contributed by atoms with van der Waals surface area (Å²) in [7, 11) is 3.21. The molecule has 7 heteroatoms. The zero-order valence-corrected chi connectivity index (χ0v) is 14.2. The van der Waals surface area contributed by atoms with Crippen molar-refractivity contribution in [3.63, 3.8) is 0 Å². The molecule has 124 valence electrons. The molecule has 6 nitrogen and oxygen atoms in total. The minimum atomic E-state index is 0.274. The van der Waals surface area contributed by atoms with Gasteiger partial charge in [0.1, 0.15) is 23.9 Å². The highest BCUT2D eigenvalue weighted by molar-refractivity contribution is 7.71. The molecule has 0 spiro atoms. The van der Waals surface area contributed by atoms with Crippen LogP contribution < -0.4 is 14.2 Å². The van der Waals surface area contributed by atoms with Gasteiger partial charge in [-0.05, 0) is 24.4 Å². The van der Waals surface area contributed by atoms with E-state index in [1.807, 2.05) is 42.5 Å². The fourth-order valence-corrected chi connectivity index (χ4v) is 2.54. The lowest BCUT2D eigenvalue weighted by atomic mass is 10.2. The summed E-state index contributed by atoms with van der Waals surface area (Å²) in [5.41, 5.74) is 0.789. The van der Waals surface area contributed by atoms with Crippen LogP contribution in [-0.2, 0) is 6.61 Å². The number of nitrogens with one attached hydrogen (secondary N) is 1. The highest BCUT2D eigenvalue weighted by atomic mass is 32.1. The quantitative estimate of drug-likeness (QED) is 0.694. The smallest absolute Gasteiger partial charge is 0.199 e. The maximum absolute atomic E-state index is 5.77. The van der Waals surface area contributed by atoms with Gasteiger partial charge in [0, 0.05) is 18.2 Å². The molecule has 0 atom stereocenters. The van der Waals surface area contributed by atoms with Gasteiger partial charge >= 0.3 is 0 Å². The Morgan fingerprint density at radius 3 is 2.29 bits per heavy atom. The zero-order chi connectivity index (χ0) is 16.9. The van der Waals surface area contributed by atoms with E-state index in [-0.39, 0.29) is 6.61 Å². The predicted octanol–water partition coefficient (Wildman–Crippen LogP) is 3.53. The van der Waals surface area contributed by atoms with Crippen molar-refractivity contribution < 1.29 is 14.2 Å². The van der Waals surface area contributed by atoms with E-state index in [9.17, 15) is 0 Å². The monoisotopic (exact) mass is 343 g/mol. The number of ether oxygens (including phenoxy) is 3. The van der Waals surface area contributed by atoms with Crippen molar-refractivity contribution in [2.75, 3.05) is 14.2 Å². The number of rotatable bonds is 6. The van der Waals surface area contributed by atoms with Gasteiger partial charge in [-0.25, -0.2) is 0 Å². The highest BCUT2D eigenvalue weighted by Gasteiger charge is 2.12. The van der Waals surface area contributed by atoms with Gasteiger partial charge < -0.3 is 14.2 Å². The first-order valence-corrected chi connectivity index (χ1v) is 7.69. The van der Waals surface area contributed by atoms with Crippen LogP contribution in [-0.4, -0.2) is 29.0 Å². The minimum Gasteiger partial charge on any atom is -0.497 e. The normalized spacial score (nSPS) is 10.4. The fourth-order valence-electron chi connectivity index (χ4n) is 2.28. The minimum absolute atomic E-state index is 0.274. The molecule has 0 fully saturated rings. The molecule has 1 heterocycles. The van der Waals surface area contributed by atoms with Gasteiger partial charge in [0.15, 0.2) is 10.6 Å². The number of methoxy groups -OCH3 is 2. The molecule has 2 aromatic carbocycles. The Labute approximate surface area is 144 Å². The van der Waals surface area contributed by atoms with Crippen molar-refractivity contribution in [1.29, 1.82) is 0 Å². The Bertz CT molecular complexity index is 852. The van der Waals surface area contributed by atoms with Crippen LogP contribution in [0.4, 0.5) is 0 Å². The second-order valence-electron chi connectivity index (χ2n) is 4.95. The standard InChI is InChI=1S/C17H17N3O3S/c1-21-14-8-12(9-15(10-14)22-2)20-16(18-19-17(20)24)11-23-13-6-4-3-5-7-13/h3-10H,11H2,1-2H3,(H,19,24). The lowest BCUT2D eigenvalue weighted by Gasteiger charge is -2.11. The van der Waals surface area contributed by atoms with Crippen molar-refractivity contribution in [3.05, 3.63) is 59.1 Å². The van der Waals surface area contributed by atoms with Gasteiger partial charge in [0.05, 0.1) is 19.9 Å². The molecule has 0 aliphatic heterocycles. The first kappa shape index (κ1) is 16.1. The SMILES string of the molecule is COc1cc(OC)cc(-n2c(COc3ccccc3)n[nH]c2=S)c1. The molecule has 0 aliphatic carbocycles. The number of hydrogen-bond donors (Lipinski definition) is 1. The Morgan fingerprint density at radius 2 is 1.67 bits per heavy atom. The van der Waals surface area contributed by atoms with Gasteiger partial charge in [-0.3, -0.25) is 9.67 Å². The Kier molecular flexibility index (Phi) is 4.81. The summed E-state index contributed by atoms with van der Waals surface area (Å²) in [6.07, 6.45) is 0. The number of hydrogen-bond acceptors (Lipinski definition) is 5. The van der Waals surface area contributed by atoms with Gasteiger partial charge in [-0.2, -0.15) is 5.10 Å². The number of benzene rings is 2. The van der Waals surface area contributed by atoms with Crippen molar-refractivity contribution >= 4 is 12.2 Å². The number of H-pyrrole nitrogens is 1. The maximum atomic E-state index is 5.77. The second-order valence-corrected chi connectivity index (χ2v) is 5.34. The molecule has 24 heavy (non-hydrogen) atoms. The van der Waals surface area contributed by atoms with Crippen LogP contribution in [0.3, 0.4) is 0 Å². The van der Waals surface area contributed by atoms with E-state index in [0.29, 0.717) is 22.1 Å². The second kappa shape index (κ2) is 7.18. The molecule has 0 saturated heterocycles. The number of nitrogens with zero attached hydrogens (tertiary/aromatic N) is 2. The van der Waals surface area contributed by atoms with E-state index < -0.39 is 0 Å². The lowest BCUT2D eigenvalue weighted by Crippen LogP contribution is -2.06. The molecule has 1 aromatic heterocycles. The molecule has 0 saturated carbocycles. The van der Waals surface area contributed by atoms with E-state index >= 15 is 0 Å². The van der Waals surface area contributed by atoms with E-state index in [0.717, 1.165) is 11.4 Å². The van der Waals surface area contributed by atoms with Crippen LogP contribution in [0.5, 0.6) is 17.2 Å². The topological polar surface area (TPSA) is 61.3 Å². The third-order valence-electron chi connectivity index (χ3n) is 3.45. The Hall–Kier alpha value is -2.80. The maximum Gasteiger partial charge on any atom is 0.199 e. The summed E-state index contributed by atoms with van der Waals surface area (Å²) in [4.78, 5) is 0. The largest absolute Gasteiger partial charge is 0.497 e. The Balaban J connectivity index is 1.94. The lowest BCUT2D eigenvalue weighted by molar-refractivity contribution is 0.293. The molecule has 0 unspecified atom stereocenters.